The van der Waals surface area contributed by atoms with Crippen molar-refractivity contribution in [3.63, 3.8) is 0 Å². The van der Waals surface area contributed by atoms with E-state index in [0.717, 1.165) is 6.92 Å². The second kappa shape index (κ2) is 6.79. The first kappa shape index (κ1) is 18.6. The minimum absolute atomic E-state index is 0.728. The highest BCUT2D eigenvalue weighted by Crippen LogP contribution is 2.34. The summed E-state index contributed by atoms with van der Waals surface area (Å²) in [4.78, 5) is 22.0. The fraction of sp³-hybridized carbons (Fsp3) is 0.818. The standard InChI is InChI=1S/C11H18F2N2O7/c1-3(17)15-6-5(14)9(12)11(13,10(20)21)22-8(6)7(19)4(18)2-16/h4-9,16,18-19H,2,14H2,1H3,(H,15,17)(H,20,21)/t4-,5?,6?,7-,8?,9?,11?/m1/s1. The average Bonchev–Trinajstić information content (AvgIpc) is 2.45. The average molecular weight is 328 g/mol. The molecule has 1 fully saturated rings. The predicted octanol–water partition coefficient (Wildman–Crippen LogP) is -2.98. The summed E-state index contributed by atoms with van der Waals surface area (Å²) in [7, 11) is 0. The largest absolute Gasteiger partial charge is 0.477 e. The topological polar surface area (TPSA) is 162 Å². The Kier molecular flexibility index (Phi) is 5.76. The van der Waals surface area contributed by atoms with Crippen molar-refractivity contribution in [1.29, 1.82) is 0 Å². The van der Waals surface area contributed by atoms with Gasteiger partial charge in [-0.1, -0.05) is 0 Å². The minimum atomic E-state index is -3.87. The molecule has 7 N–H and O–H groups in total. The highest BCUT2D eigenvalue weighted by Gasteiger charge is 2.62. The van der Waals surface area contributed by atoms with Crippen LogP contribution in [-0.4, -0.2) is 81.3 Å². The van der Waals surface area contributed by atoms with Crippen molar-refractivity contribution in [2.75, 3.05) is 6.61 Å². The van der Waals surface area contributed by atoms with Crippen LogP contribution < -0.4 is 11.1 Å². The molecule has 1 heterocycles. The lowest BCUT2D eigenvalue weighted by Gasteiger charge is -2.45. The Morgan fingerprint density at radius 1 is 1.45 bits per heavy atom. The van der Waals surface area contributed by atoms with Gasteiger partial charge in [0, 0.05) is 6.92 Å². The van der Waals surface area contributed by atoms with Gasteiger partial charge in [0.15, 0.2) is 6.17 Å². The van der Waals surface area contributed by atoms with Gasteiger partial charge in [-0.25, -0.2) is 9.18 Å². The van der Waals surface area contributed by atoms with Gasteiger partial charge in [0.1, 0.15) is 18.3 Å². The molecule has 0 radical (unpaired) electrons. The smallest absolute Gasteiger partial charge is 0.372 e. The number of aliphatic carboxylic acids is 1. The Balaban J connectivity index is 3.19. The second-order valence-electron chi connectivity index (χ2n) is 4.98. The number of hydrogen-bond acceptors (Lipinski definition) is 7. The van der Waals surface area contributed by atoms with E-state index in [4.69, 9.17) is 15.9 Å². The van der Waals surface area contributed by atoms with Crippen molar-refractivity contribution < 1.29 is 43.5 Å². The third-order valence-corrected chi connectivity index (χ3v) is 3.35. The monoisotopic (exact) mass is 328 g/mol. The van der Waals surface area contributed by atoms with E-state index in [-0.39, 0.29) is 0 Å². The molecule has 0 aromatic carbocycles. The Morgan fingerprint density at radius 2 is 2.00 bits per heavy atom. The van der Waals surface area contributed by atoms with E-state index < -0.39 is 60.9 Å². The first-order valence-electron chi connectivity index (χ1n) is 6.30. The molecule has 22 heavy (non-hydrogen) atoms. The van der Waals surface area contributed by atoms with Crippen LogP contribution in [0.15, 0.2) is 0 Å². The van der Waals surface area contributed by atoms with Gasteiger partial charge < -0.3 is 36.2 Å². The summed E-state index contributed by atoms with van der Waals surface area (Å²) in [6.45, 7) is 0.0643. The van der Waals surface area contributed by atoms with Crippen molar-refractivity contribution in [3.8, 4) is 0 Å². The molecular formula is C11H18F2N2O7. The molecule has 0 spiro atoms. The number of carboxylic acid groups (broad SMARTS) is 1. The molecule has 1 amide bonds. The lowest BCUT2D eigenvalue weighted by Crippen LogP contribution is -2.73. The van der Waals surface area contributed by atoms with Crippen LogP contribution in [0.3, 0.4) is 0 Å². The van der Waals surface area contributed by atoms with Crippen molar-refractivity contribution in [2.45, 2.75) is 49.3 Å². The molecular weight excluding hydrogens is 310 g/mol. The Bertz CT molecular complexity index is 441. The van der Waals surface area contributed by atoms with Gasteiger partial charge in [-0.2, -0.15) is 4.39 Å². The molecule has 1 aliphatic heterocycles. The predicted molar refractivity (Wildman–Crippen MR) is 65.9 cm³/mol. The number of nitrogens with two attached hydrogens (primary N) is 1. The lowest BCUT2D eigenvalue weighted by molar-refractivity contribution is -0.276. The van der Waals surface area contributed by atoms with Gasteiger partial charge in [-0.15, -0.1) is 0 Å². The van der Waals surface area contributed by atoms with E-state index in [1.165, 1.54) is 0 Å². The van der Waals surface area contributed by atoms with Crippen LogP contribution in [-0.2, 0) is 14.3 Å². The van der Waals surface area contributed by atoms with Gasteiger partial charge in [0.05, 0.1) is 18.7 Å². The Morgan fingerprint density at radius 3 is 2.41 bits per heavy atom. The van der Waals surface area contributed by atoms with Crippen LogP contribution >= 0.6 is 0 Å². The molecule has 0 aromatic rings. The molecule has 0 bridgehead atoms. The van der Waals surface area contributed by atoms with Crippen LogP contribution in [0, 0.1) is 0 Å². The highest BCUT2D eigenvalue weighted by atomic mass is 19.2. The fourth-order valence-electron chi connectivity index (χ4n) is 2.18. The summed E-state index contributed by atoms with van der Waals surface area (Å²) in [5, 5.41) is 38.9. The molecule has 9 nitrogen and oxygen atoms in total. The molecule has 1 saturated heterocycles. The van der Waals surface area contributed by atoms with Crippen LogP contribution in [0.25, 0.3) is 0 Å². The van der Waals surface area contributed by atoms with Crippen molar-refractivity contribution in [1.82, 2.24) is 5.32 Å². The van der Waals surface area contributed by atoms with E-state index in [1.807, 2.05) is 0 Å². The summed E-state index contributed by atoms with van der Waals surface area (Å²) < 4.78 is 32.6. The number of nitrogens with one attached hydrogen (secondary N) is 1. The number of aliphatic hydroxyl groups is 3. The zero-order valence-electron chi connectivity index (χ0n) is 11.5. The number of aliphatic hydroxyl groups excluding tert-OH is 3. The zero-order valence-corrected chi connectivity index (χ0v) is 11.5. The van der Waals surface area contributed by atoms with E-state index in [0.29, 0.717) is 0 Å². The number of amides is 1. The number of rotatable bonds is 5. The molecule has 11 heteroatoms. The first-order valence-corrected chi connectivity index (χ1v) is 6.30. The number of ether oxygens (including phenoxy) is 1. The molecule has 1 rings (SSSR count). The quantitative estimate of drug-likeness (QED) is 0.311. The maximum absolute atomic E-state index is 14.2. The summed E-state index contributed by atoms with van der Waals surface area (Å²) in [5.74, 6) is -6.91. The maximum Gasteiger partial charge on any atom is 0.372 e. The number of carboxylic acids is 1. The lowest BCUT2D eigenvalue weighted by atomic mass is 9.86. The molecule has 5 unspecified atom stereocenters. The molecule has 0 saturated carbocycles. The number of hydrogen-bond donors (Lipinski definition) is 6. The summed E-state index contributed by atoms with van der Waals surface area (Å²) in [6, 6.07) is -3.39. The number of carbonyl (C=O) groups excluding carboxylic acids is 1. The number of alkyl halides is 2. The van der Waals surface area contributed by atoms with Gasteiger partial charge in [-0.3, -0.25) is 4.79 Å². The fourth-order valence-corrected chi connectivity index (χ4v) is 2.18. The minimum Gasteiger partial charge on any atom is -0.477 e. The highest BCUT2D eigenvalue weighted by molar-refractivity contribution is 5.77. The Hall–Kier alpha value is -1.40. The number of carbonyl (C=O) groups is 2. The van der Waals surface area contributed by atoms with E-state index in [2.05, 4.69) is 10.1 Å². The first-order chi connectivity index (χ1) is 10.1. The number of halogens is 2. The molecule has 128 valence electrons. The maximum atomic E-state index is 14.2. The van der Waals surface area contributed by atoms with Gasteiger partial charge in [-0.05, 0) is 0 Å². The van der Waals surface area contributed by atoms with Crippen molar-refractivity contribution >= 4 is 11.9 Å². The summed E-state index contributed by atoms with van der Waals surface area (Å²) in [5.41, 5.74) is 5.43. The molecule has 1 aliphatic rings. The van der Waals surface area contributed by atoms with Crippen LogP contribution in [0.5, 0.6) is 0 Å². The van der Waals surface area contributed by atoms with Crippen molar-refractivity contribution in [2.24, 2.45) is 5.73 Å². The summed E-state index contributed by atoms with van der Waals surface area (Å²) >= 11 is 0. The van der Waals surface area contributed by atoms with Gasteiger partial charge in [0.2, 0.25) is 5.91 Å². The van der Waals surface area contributed by atoms with Crippen LogP contribution in [0.1, 0.15) is 6.92 Å². The van der Waals surface area contributed by atoms with Crippen LogP contribution in [0.2, 0.25) is 0 Å². The third-order valence-electron chi connectivity index (χ3n) is 3.35. The summed E-state index contributed by atoms with van der Waals surface area (Å²) in [6.07, 6.45) is -8.59. The molecule has 7 atom stereocenters. The normalized spacial score (nSPS) is 38.1. The third kappa shape index (κ3) is 3.33. The Labute approximate surface area is 123 Å². The van der Waals surface area contributed by atoms with Crippen LogP contribution in [0.4, 0.5) is 8.78 Å². The zero-order chi connectivity index (χ0) is 17.2. The van der Waals surface area contributed by atoms with E-state index in [9.17, 15) is 28.6 Å². The van der Waals surface area contributed by atoms with E-state index in [1.54, 1.807) is 0 Å². The molecule has 0 aromatic heterocycles. The van der Waals surface area contributed by atoms with E-state index >= 15 is 0 Å². The second-order valence-corrected chi connectivity index (χ2v) is 4.98. The SMILES string of the molecule is CC(=O)NC1C(N)C(F)C(F)(C(=O)O)OC1[C@H](O)[C@H](O)CO. The van der Waals surface area contributed by atoms with Gasteiger partial charge in [0.25, 0.3) is 0 Å². The molecule has 0 aliphatic carbocycles. The van der Waals surface area contributed by atoms with Crippen molar-refractivity contribution in [3.05, 3.63) is 0 Å². The van der Waals surface area contributed by atoms with Gasteiger partial charge >= 0.3 is 11.8 Å².